The molecule has 96 valence electrons. The lowest BCUT2D eigenvalue weighted by atomic mass is 10.2. The van der Waals surface area contributed by atoms with Gasteiger partial charge in [-0.1, -0.05) is 18.2 Å². The smallest absolute Gasteiger partial charge is 0.168 e. The fraction of sp³-hybridized carbons (Fsp3) is 0.333. The van der Waals surface area contributed by atoms with Gasteiger partial charge in [0.15, 0.2) is 5.82 Å². The molecule has 1 aromatic carbocycles. The van der Waals surface area contributed by atoms with Crippen molar-refractivity contribution in [3.63, 3.8) is 0 Å². The molecular weight excluding hydrogens is 238 g/mol. The summed E-state index contributed by atoms with van der Waals surface area (Å²) >= 11 is 0. The first-order valence-electron chi connectivity index (χ1n) is 5.77. The molecule has 0 aliphatic rings. The standard InChI is InChI=1S/C12H14F2N4/c1-2-6-15-12-8-18(17-16-12)7-9-10(13)4-3-5-11(9)14/h3-5,8,15H,2,6-7H2,1H3. The van der Waals surface area contributed by atoms with E-state index in [0.29, 0.717) is 5.82 Å². The second kappa shape index (κ2) is 5.57. The molecule has 0 bridgehead atoms. The summed E-state index contributed by atoms with van der Waals surface area (Å²) in [5.74, 6) is -0.546. The predicted molar refractivity (Wildman–Crippen MR) is 64.3 cm³/mol. The van der Waals surface area contributed by atoms with Crippen molar-refractivity contribution in [3.05, 3.63) is 41.6 Å². The summed E-state index contributed by atoms with van der Waals surface area (Å²) < 4.78 is 28.3. The summed E-state index contributed by atoms with van der Waals surface area (Å²) in [6.07, 6.45) is 2.59. The van der Waals surface area contributed by atoms with Crippen molar-refractivity contribution >= 4 is 5.82 Å². The van der Waals surface area contributed by atoms with E-state index >= 15 is 0 Å². The quantitative estimate of drug-likeness (QED) is 0.888. The summed E-state index contributed by atoms with van der Waals surface area (Å²) in [7, 11) is 0. The monoisotopic (exact) mass is 252 g/mol. The van der Waals surface area contributed by atoms with Crippen LogP contribution in [0.1, 0.15) is 18.9 Å². The first-order valence-corrected chi connectivity index (χ1v) is 5.77. The molecule has 6 heteroatoms. The van der Waals surface area contributed by atoms with Gasteiger partial charge in [-0.15, -0.1) is 5.10 Å². The van der Waals surface area contributed by atoms with Gasteiger partial charge in [0.1, 0.15) is 11.6 Å². The van der Waals surface area contributed by atoms with Crippen molar-refractivity contribution in [2.75, 3.05) is 11.9 Å². The van der Waals surface area contributed by atoms with Gasteiger partial charge in [0.05, 0.1) is 12.7 Å². The van der Waals surface area contributed by atoms with Crippen LogP contribution in [0.25, 0.3) is 0 Å². The second-order valence-corrected chi connectivity index (χ2v) is 3.93. The van der Waals surface area contributed by atoms with Crippen LogP contribution in [-0.2, 0) is 6.54 Å². The fourth-order valence-electron chi connectivity index (χ4n) is 1.56. The highest BCUT2D eigenvalue weighted by Crippen LogP contribution is 2.13. The minimum absolute atomic E-state index is 0.00978. The molecule has 0 spiro atoms. The molecule has 1 N–H and O–H groups in total. The molecule has 4 nitrogen and oxygen atoms in total. The molecule has 0 aliphatic carbocycles. The van der Waals surface area contributed by atoms with E-state index in [1.807, 2.05) is 6.92 Å². The van der Waals surface area contributed by atoms with Crippen LogP contribution in [-0.4, -0.2) is 21.5 Å². The molecule has 0 unspecified atom stereocenters. The van der Waals surface area contributed by atoms with E-state index in [9.17, 15) is 8.78 Å². The minimum atomic E-state index is -0.575. The highest BCUT2D eigenvalue weighted by atomic mass is 19.1. The van der Waals surface area contributed by atoms with Crippen molar-refractivity contribution in [2.45, 2.75) is 19.9 Å². The van der Waals surface area contributed by atoms with Crippen LogP contribution >= 0.6 is 0 Å². The van der Waals surface area contributed by atoms with Gasteiger partial charge in [-0.05, 0) is 18.6 Å². The van der Waals surface area contributed by atoms with Gasteiger partial charge in [-0.3, -0.25) is 0 Å². The number of anilines is 1. The number of hydrogen-bond acceptors (Lipinski definition) is 3. The maximum Gasteiger partial charge on any atom is 0.168 e. The maximum atomic E-state index is 13.4. The zero-order valence-electron chi connectivity index (χ0n) is 10.0. The number of nitrogens with one attached hydrogen (secondary N) is 1. The predicted octanol–water partition coefficient (Wildman–Crippen LogP) is 2.43. The van der Waals surface area contributed by atoms with Crippen molar-refractivity contribution in [2.24, 2.45) is 0 Å². The van der Waals surface area contributed by atoms with Gasteiger partial charge < -0.3 is 5.32 Å². The van der Waals surface area contributed by atoms with Crippen LogP contribution in [0.15, 0.2) is 24.4 Å². The summed E-state index contributed by atoms with van der Waals surface area (Å²) in [5, 5.41) is 10.7. The van der Waals surface area contributed by atoms with Crippen LogP contribution in [0.4, 0.5) is 14.6 Å². The summed E-state index contributed by atoms with van der Waals surface area (Å²) in [5.41, 5.74) is -0.00978. The van der Waals surface area contributed by atoms with Crippen LogP contribution in [0.3, 0.4) is 0 Å². The largest absolute Gasteiger partial charge is 0.367 e. The van der Waals surface area contributed by atoms with Gasteiger partial charge in [0.2, 0.25) is 0 Å². The van der Waals surface area contributed by atoms with Gasteiger partial charge in [0.25, 0.3) is 0 Å². The topological polar surface area (TPSA) is 42.7 Å². The SMILES string of the molecule is CCCNc1cn(Cc2c(F)cccc2F)nn1. The molecular formula is C12H14F2N4. The molecule has 1 aromatic heterocycles. The van der Waals surface area contributed by atoms with Gasteiger partial charge >= 0.3 is 0 Å². The summed E-state index contributed by atoms with van der Waals surface area (Å²) in [6, 6.07) is 3.79. The Balaban J connectivity index is 2.11. The van der Waals surface area contributed by atoms with Crippen LogP contribution < -0.4 is 5.32 Å². The van der Waals surface area contributed by atoms with Crippen molar-refractivity contribution < 1.29 is 8.78 Å². The van der Waals surface area contributed by atoms with E-state index in [1.165, 1.54) is 22.9 Å². The molecule has 2 rings (SSSR count). The van der Waals surface area contributed by atoms with E-state index in [1.54, 1.807) is 6.20 Å². The molecule has 0 aliphatic heterocycles. The van der Waals surface area contributed by atoms with Gasteiger partial charge in [-0.25, -0.2) is 13.5 Å². The van der Waals surface area contributed by atoms with E-state index in [0.717, 1.165) is 13.0 Å². The Kier molecular flexibility index (Phi) is 3.86. The van der Waals surface area contributed by atoms with E-state index in [-0.39, 0.29) is 12.1 Å². The Hall–Kier alpha value is -1.98. The van der Waals surface area contributed by atoms with Crippen LogP contribution in [0.5, 0.6) is 0 Å². The number of nitrogens with zero attached hydrogens (tertiary/aromatic N) is 3. The van der Waals surface area contributed by atoms with E-state index in [4.69, 9.17) is 0 Å². The number of aromatic nitrogens is 3. The molecule has 0 fully saturated rings. The Labute approximate surface area is 104 Å². The minimum Gasteiger partial charge on any atom is -0.367 e. The fourth-order valence-corrected chi connectivity index (χ4v) is 1.56. The van der Waals surface area contributed by atoms with E-state index < -0.39 is 11.6 Å². The molecule has 0 saturated carbocycles. The first-order chi connectivity index (χ1) is 8.70. The summed E-state index contributed by atoms with van der Waals surface area (Å²) in [6.45, 7) is 2.85. The Morgan fingerprint density at radius 1 is 1.28 bits per heavy atom. The Bertz CT molecular complexity index is 504. The molecule has 2 aromatic rings. The second-order valence-electron chi connectivity index (χ2n) is 3.93. The first kappa shape index (κ1) is 12.5. The highest BCUT2D eigenvalue weighted by molar-refractivity contribution is 5.29. The van der Waals surface area contributed by atoms with Crippen molar-refractivity contribution in [3.8, 4) is 0 Å². The summed E-state index contributed by atoms with van der Waals surface area (Å²) in [4.78, 5) is 0. The maximum absolute atomic E-state index is 13.4. The Morgan fingerprint density at radius 2 is 2.00 bits per heavy atom. The average molecular weight is 252 g/mol. The van der Waals surface area contributed by atoms with Crippen molar-refractivity contribution in [1.82, 2.24) is 15.0 Å². The average Bonchev–Trinajstić information content (AvgIpc) is 2.79. The van der Waals surface area contributed by atoms with Gasteiger partial charge in [-0.2, -0.15) is 0 Å². The van der Waals surface area contributed by atoms with Gasteiger partial charge in [0, 0.05) is 12.1 Å². The number of hydrogen-bond donors (Lipinski definition) is 1. The number of benzene rings is 1. The number of halogens is 2. The van der Waals surface area contributed by atoms with Crippen LogP contribution in [0.2, 0.25) is 0 Å². The lowest BCUT2D eigenvalue weighted by molar-refractivity contribution is 0.528. The zero-order chi connectivity index (χ0) is 13.0. The molecule has 0 radical (unpaired) electrons. The third kappa shape index (κ3) is 2.82. The normalized spacial score (nSPS) is 10.6. The third-order valence-electron chi connectivity index (χ3n) is 2.48. The zero-order valence-corrected chi connectivity index (χ0v) is 10.0. The van der Waals surface area contributed by atoms with E-state index in [2.05, 4.69) is 15.6 Å². The molecule has 18 heavy (non-hydrogen) atoms. The molecule has 1 heterocycles. The molecule has 0 amide bonds. The van der Waals surface area contributed by atoms with Crippen molar-refractivity contribution in [1.29, 1.82) is 0 Å². The Morgan fingerprint density at radius 3 is 2.67 bits per heavy atom. The third-order valence-corrected chi connectivity index (χ3v) is 2.48. The highest BCUT2D eigenvalue weighted by Gasteiger charge is 2.10. The lowest BCUT2D eigenvalue weighted by Crippen LogP contribution is -2.05. The van der Waals surface area contributed by atoms with Crippen LogP contribution in [0, 0.1) is 11.6 Å². The molecule has 0 saturated heterocycles. The molecule has 0 atom stereocenters. The number of rotatable bonds is 5. The lowest BCUT2D eigenvalue weighted by Gasteiger charge is -2.03.